The Morgan fingerprint density at radius 1 is 0.875 bits per heavy atom. The molecule has 2 atom stereocenters. The predicted octanol–water partition coefficient (Wildman–Crippen LogP) is 3.14. The summed E-state index contributed by atoms with van der Waals surface area (Å²) in [6.45, 7) is 16.0. The van der Waals surface area contributed by atoms with Crippen LogP contribution in [0.5, 0.6) is 0 Å². The fourth-order valence-electron chi connectivity index (χ4n) is 1.24. The molecule has 0 aliphatic rings. The molecule has 0 aliphatic carbocycles. The lowest BCUT2D eigenvalue weighted by Gasteiger charge is -2.30. The lowest BCUT2D eigenvalue weighted by atomic mass is 9.81. The van der Waals surface area contributed by atoms with Gasteiger partial charge in [-0.25, -0.2) is 0 Å². The number of rotatable bonds is 4. The van der Waals surface area contributed by atoms with Crippen LogP contribution in [0.3, 0.4) is 0 Å². The van der Waals surface area contributed by atoms with Gasteiger partial charge >= 0.3 is 0 Å². The quantitative estimate of drug-likeness (QED) is 0.726. The Morgan fingerprint density at radius 3 is 1.31 bits per heavy atom. The van der Waals surface area contributed by atoms with Gasteiger partial charge in [-0.05, 0) is 23.7 Å². The summed E-state index contributed by atoms with van der Waals surface area (Å²) in [5, 5.41) is 19.9. The third-order valence-corrected chi connectivity index (χ3v) is 2.96. The second-order valence-electron chi connectivity index (χ2n) is 6.92. The molecular weight excluding hydrogens is 200 g/mol. The molecule has 0 rings (SSSR count). The molecule has 0 fully saturated rings. The van der Waals surface area contributed by atoms with Crippen molar-refractivity contribution in [2.45, 2.75) is 66.6 Å². The summed E-state index contributed by atoms with van der Waals surface area (Å²) in [7, 11) is 0. The first kappa shape index (κ1) is 15.7. The second-order valence-corrected chi connectivity index (χ2v) is 6.92. The van der Waals surface area contributed by atoms with E-state index in [0.29, 0.717) is 12.8 Å². The van der Waals surface area contributed by atoms with Gasteiger partial charge in [-0.3, -0.25) is 0 Å². The van der Waals surface area contributed by atoms with Crippen LogP contribution in [-0.4, -0.2) is 22.4 Å². The first-order valence-electron chi connectivity index (χ1n) is 5.97. The summed E-state index contributed by atoms with van der Waals surface area (Å²) in [4.78, 5) is 0. The van der Waals surface area contributed by atoms with Gasteiger partial charge in [-0.2, -0.15) is 0 Å². The van der Waals surface area contributed by atoms with E-state index in [1.165, 1.54) is 0 Å². The smallest absolute Gasteiger partial charge is 0.0625 e. The Kier molecular flexibility index (Phi) is 5.21. The number of aliphatic hydroxyl groups excluding tert-OH is 2. The zero-order valence-corrected chi connectivity index (χ0v) is 11.7. The van der Waals surface area contributed by atoms with Crippen molar-refractivity contribution in [3.8, 4) is 0 Å². The van der Waals surface area contributed by atoms with Gasteiger partial charge in [0.15, 0.2) is 0 Å². The first-order valence-corrected chi connectivity index (χ1v) is 5.97. The zero-order chi connectivity index (χ0) is 13.1. The van der Waals surface area contributed by atoms with Gasteiger partial charge in [0.05, 0.1) is 12.2 Å². The van der Waals surface area contributed by atoms with Crippen LogP contribution in [0.2, 0.25) is 0 Å². The normalized spacial score (nSPS) is 17.0. The van der Waals surface area contributed by atoms with Crippen LogP contribution in [0.4, 0.5) is 0 Å². The molecule has 0 saturated heterocycles. The standard InChI is InChI=1S/C14H28O2/c1-10(8-11(15)13(2,3)4)9-12(16)14(5,6)7/h11-12,15-16H,1,8-9H2,2-7H3. The third-order valence-electron chi connectivity index (χ3n) is 2.96. The van der Waals surface area contributed by atoms with E-state index in [1.54, 1.807) is 0 Å². The average molecular weight is 228 g/mol. The monoisotopic (exact) mass is 228 g/mol. The van der Waals surface area contributed by atoms with E-state index in [4.69, 9.17) is 0 Å². The molecule has 0 saturated carbocycles. The fourth-order valence-corrected chi connectivity index (χ4v) is 1.24. The zero-order valence-electron chi connectivity index (χ0n) is 11.7. The molecular formula is C14H28O2. The van der Waals surface area contributed by atoms with Gasteiger partial charge in [-0.1, -0.05) is 53.7 Å². The van der Waals surface area contributed by atoms with Gasteiger partial charge in [0.2, 0.25) is 0 Å². The molecule has 2 nitrogen and oxygen atoms in total. The van der Waals surface area contributed by atoms with Crippen molar-refractivity contribution in [2.24, 2.45) is 10.8 Å². The van der Waals surface area contributed by atoms with Crippen molar-refractivity contribution < 1.29 is 10.2 Å². The first-order chi connectivity index (χ1) is 6.94. The Bertz CT molecular complexity index is 206. The topological polar surface area (TPSA) is 40.5 Å². The largest absolute Gasteiger partial charge is 0.392 e. The second kappa shape index (κ2) is 5.33. The molecule has 2 heteroatoms. The van der Waals surface area contributed by atoms with E-state index >= 15 is 0 Å². The van der Waals surface area contributed by atoms with E-state index in [1.807, 2.05) is 41.5 Å². The lowest BCUT2D eigenvalue weighted by molar-refractivity contribution is 0.0476. The van der Waals surface area contributed by atoms with E-state index in [-0.39, 0.29) is 10.8 Å². The van der Waals surface area contributed by atoms with Crippen LogP contribution in [0.15, 0.2) is 12.2 Å². The average Bonchev–Trinajstić information content (AvgIpc) is 1.99. The van der Waals surface area contributed by atoms with Crippen LogP contribution in [0.1, 0.15) is 54.4 Å². The highest BCUT2D eigenvalue weighted by Gasteiger charge is 2.26. The van der Waals surface area contributed by atoms with Crippen LogP contribution in [0.25, 0.3) is 0 Å². The summed E-state index contributed by atoms with van der Waals surface area (Å²) in [5.41, 5.74) is 0.662. The van der Waals surface area contributed by atoms with Crippen molar-refractivity contribution in [3.05, 3.63) is 12.2 Å². The van der Waals surface area contributed by atoms with Gasteiger partial charge < -0.3 is 10.2 Å². The van der Waals surface area contributed by atoms with Gasteiger partial charge in [0.25, 0.3) is 0 Å². The minimum atomic E-state index is -0.396. The maximum absolute atomic E-state index is 9.93. The third kappa shape index (κ3) is 5.66. The molecule has 0 aromatic carbocycles. The van der Waals surface area contributed by atoms with E-state index in [0.717, 1.165) is 5.57 Å². The fraction of sp³-hybridized carbons (Fsp3) is 0.857. The molecule has 0 bridgehead atoms. The van der Waals surface area contributed by atoms with Gasteiger partial charge in [0, 0.05) is 0 Å². The summed E-state index contributed by atoms with van der Waals surface area (Å²) < 4.78 is 0. The number of aliphatic hydroxyl groups is 2. The summed E-state index contributed by atoms with van der Waals surface area (Å²) in [5.74, 6) is 0. The summed E-state index contributed by atoms with van der Waals surface area (Å²) >= 11 is 0. The minimum absolute atomic E-state index is 0.129. The van der Waals surface area contributed by atoms with E-state index in [9.17, 15) is 10.2 Å². The van der Waals surface area contributed by atoms with Crippen LogP contribution < -0.4 is 0 Å². The van der Waals surface area contributed by atoms with Crippen molar-refractivity contribution in [1.29, 1.82) is 0 Å². The number of hydrogen-bond donors (Lipinski definition) is 2. The Balaban J connectivity index is 4.21. The van der Waals surface area contributed by atoms with E-state index < -0.39 is 12.2 Å². The summed E-state index contributed by atoms with van der Waals surface area (Å²) in [6.07, 6.45) is 0.340. The molecule has 16 heavy (non-hydrogen) atoms. The van der Waals surface area contributed by atoms with Crippen molar-refractivity contribution in [3.63, 3.8) is 0 Å². The van der Waals surface area contributed by atoms with Crippen molar-refractivity contribution >= 4 is 0 Å². The van der Waals surface area contributed by atoms with Crippen LogP contribution in [0, 0.1) is 10.8 Å². The molecule has 0 heterocycles. The highest BCUT2D eigenvalue weighted by Crippen LogP contribution is 2.29. The molecule has 0 radical (unpaired) electrons. The maximum Gasteiger partial charge on any atom is 0.0625 e. The molecule has 0 amide bonds. The Labute approximate surface area is 100 Å². The predicted molar refractivity (Wildman–Crippen MR) is 69.3 cm³/mol. The van der Waals surface area contributed by atoms with Crippen molar-refractivity contribution in [1.82, 2.24) is 0 Å². The van der Waals surface area contributed by atoms with Crippen LogP contribution >= 0.6 is 0 Å². The highest BCUT2D eigenvalue weighted by atomic mass is 16.3. The van der Waals surface area contributed by atoms with Crippen LogP contribution in [-0.2, 0) is 0 Å². The number of hydrogen-bond acceptors (Lipinski definition) is 2. The molecule has 0 spiro atoms. The molecule has 0 aromatic heterocycles. The minimum Gasteiger partial charge on any atom is -0.392 e. The summed E-state index contributed by atoms with van der Waals surface area (Å²) in [6, 6.07) is 0. The van der Waals surface area contributed by atoms with Gasteiger partial charge in [-0.15, -0.1) is 0 Å². The maximum atomic E-state index is 9.93. The molecule has 2 N–H and O–H groups in total. The van der Waals surface area contributed by atoms with Gasteiger partial charge in [0.1, 0.15) is 0 Å². The Morgan fingerprint density at radius 2 is 1.12 bits per heavy atom. The molecule has 2 unspecified atom stereocenters. The SMILES string of the molecule is C=C(CC(O)C(C)(C)C)CC(O)C(C)(C)C. The molecule has 0 aliphatic heterocycles. The Hall–Kier alpha value is -0.340. The highest BCUT2D eigenvalue weighted by molar-refractivity contribution is 5.01. The molecule has 96 valence electrons. The van der Waals surface area contributed by atoms with Crippen molar-refractivity contribution in [2.75, 3.05) is 0 Å². The van der Waals surface area contributed by atoms with E-state index in [2.05, 4.69) is 6.58 Å². The lowest BCUT2D eigenvalue weighted by Crippen LogP contribution is -2.29. The molecule has 0 aromatic rings.